The van der Waals surface area contributed by atoms with Crippen LogP contribution in [0.5, 0.6) is 0 Å². The lowest BCUT2D eigenvalue weighted by atomic mass is 10.2. The molecule has 3 rings (SSSR count). The van der Waals surface area contributed by atoms with E-state index < -0.39 is 0 Å². The van der Waals surface area contributed by atoms with E-state index in [0.717, 1.165) is 24.9 Å². The predicted molar refractivity (Wildman–Crippen MR) is 121 cm³/mol. The molecule has 0 unspecified atom stereocenters. The lowest BCUT2D eigenvalue weighted by molar-refractivity contribution is 0.688. The Hall–Kier alpha value is -2.35. The summed E-state index contributed by atoms with van der Waals surface area (Å²) in [6.45, 7) is 4.97. The molecule has 0 bridgehead atoms. The summed E-state index contributed by atoms with van der Waals surface area (Å²) in [5.74, 6) is 1.78. The topological polar surface area (TPSA) is 54.2 Å². The minimum absolute atomic E-state index is 0. The summed E-state index contributed by atoms with van der Waals surface area (Å²) in [6, 6.07) is 20.7. The van der Waals surface area contributed by atoms with Gasteiger partial charge in [0.25, 0.3) is 0 Å². The van der Waals surface area contributed by atoms with Gasteiger partial charge >= 0.3 is 0 Å². The molecule has 5 nitrogen and oxygen atoms in total. The van der Waals surface area contributed by atoms with Gasteiger partial charge in [-0.1, -0.05) is 60.7 Å². The van der Waals surface area contributed by atoms with E-state index in [1.807, 2.05) is 36.7 Å². The first-order chi connectivity index (χ1) is 12.8. The molecule has 0 saturated heterocycles. The Balaban J connectivity index is 0.00000261. The number of benzene rings is 2. The summed E-state index contributed by atoms with van der Waals surface area (Å²) in [6.07, 6.45) is 3.85. The molecule has 142 valence electrons. The van der Waals surface area contributed by atoms with Crippen LogP contribution in [-0.4, -0.2) is 22.1 Å². The van der Waals surface area contributed by atoms with E-state index in [4.69, 9.17) is 0 Å². The van der Waals surface area contributed by atoms with E-state index in [-0.39, 0.29) is 24.0 Å². The van der Waals surface area contributed by atoms with E-state index in [0.29, 0.717) is 13.1 Å². The van der Waals surface area contributed by atoms with E-state index >= 15 is 0 Å². The normalized spacial score (nSPS) is 10.9. The van der Waals surface area contributed by atoms with Crippen molar-refractivity contribution in [3.8, 4) is 0 Å². The Morgan fingerprint density at radius 1 is 0.963 bits per heavy atom. The van der Waals surface area contributed by atoms with Gasteiger partial charge in [0.15, 0.2) is 5.96 Å². The third-order valence-corrected chi connectivity index (χ3v) is 4.02. The molecule has 0 aliphatic carbocycles. The summed E-state index contributed by atoms with van der Waals surface area (Å²) in [5.41, 5.74) is 2.45. The molecule has 0 spiro atoms. The quantitative estimate of drug-likeness (QED) is 0.311. The van der Waals surface area contributed by atoms with Crippen LogP contribution in [0, 0.1) is 0 Å². The van der Waals surface area contributed by atoms with E-state index in [1.54, 1.807) is 0 Å². The molecule has 0 aliphatic heterocycles. The average Bonchev–Trinajstić information content (AvgIpc) is 3.12. The molecule has 0 aliphatic rings. The fourth-order valence-corrected chi connectivity index (χ4v) is 2.69. The van der Waals surface area contributed by atoms with Crippen LogP contribution in [-0.2, 0) is 19.6 Å². The molecule has 1 heterocycles. The number of nitrogens with zero attached hydrogens (tertiary/aromatic N) is 3. The largest absolute Gasteiger partial charge is 0.357 e. The van der Waals surface area contributed by atoms with Gasteiger partial charge in [-0.3, -0.25) is 0 Å². The first kappa shape index (κ1) is 21.0. The van der Waals surface area contributed by atoms with Gasteiger partial charge in [0.05, 0.1) is 13.1 Å². The standard InChI is InChI=1S/C21H25N5.HI/c1-2-22-21(24-15-18-9-5-3-6-10-18)25-16-20-23-13-14-26(20)17-19-11-7-4-8-12-19;/h3-14H,2,15-17H2,1H3,(H2,22,24,25);1H. The first-order valence-electron chi connectivity index (χ1n) is 8.95. The molecule has 1 aromatic heterocycles. The number of rotatable bonds is 7. The molecule has 27 heavy (non-hydrogen) atoms. The number of hydrogen-bond acceptors (Lipinski definition) is 2. The summed E-state index contributed by atoms with van der Waals surface area (Å²) < 4.78 is 2.16. The van der Waals surface area contributed by atoms with Gasteiger partial charge in [-0.15, -0.1) is 24.0 Å². The Morgan fingerprint density at radius 3 is 2.30 bits per heavy atom. The lowest BCUT2D eigenvalue weighted by Gasteiger charge is -2.13. The van der Waals surface area contributed by atoms with E-state index in [1.165, 1.54) is 11.1 Å². The number of hydrogen-bond donors (Lipinski definition) is 2. The van der Waals surface area contributed by atoms with Crippen molar-refractivity contribution in [2.24, 2.45) is 4.99 Å². The third-order valence-electron chi connectivity index (χ3n) is 4.02. The molecule has 2 N–H and O–H groups in total. The van der Waals surface area contributed by atoms with Crippen LogP contribution in [0.2, 0.25) is 0 Å². The predicted octanol–water partition coefficient (Wildman–Crippen LogP) is 3.80. The van der Waals surface area contributed by atoms with Crippen molar-refractivity contribution in [1.82, 2.24) is 20.2 Å². The highest BCUT2D eigenvalue weighted by molar-refractivity contribution is 14.0. The lowest BCUT2D eigenvalue weighted by Crippen LogP contribution is -2.37. The van der Waals surface area contributed by atoms with Crippen molar-refractivity contribution >= 4 is 29.9 Å². The van der Waals surface area contributed by atoms with Crippen LogP contribution in [0.3, 0.4) is 0 Å². The van der Waals surface area contributed by atoms with Crippen molar-refractivity contribution in [3.05, 3.63) is 90.0 Å². The monoisotopic (exact) mass is 475 g/mol. The van der Waals surface area contributed by atoms with Crippen LogP contribution in [0.15, 0.2) is 78.0 Å². The van der Waals surface area contributed by atoms with Gasteiger partial charge in [0.2, 0.25) is 0 Å². The van der Waals surface area contributed by atoms with Crippen molar-refractivity contribution in [2.45, 2.75) is 26.6 Å². The fraction of sp³-hybridized carbons (Fsp3) is 0.238. The second kappa shape index (κ2) is 11.4. The SMILES string of the molecule is CCNC(=NCc1ccccc1)NCc1nccn1Cc1ccccc1.I. The number of aliphatic imine (C=N–C) groups is 1. The number of imidazole rings is 1. The number of guanidine groups is 1. The maximum Gasteiger partial charge on any atom is 0.191 e. The molecule has 0 saturated carbocycles. The second-order valence-corrected chi connectivity index (χ2v) is 5.99. The van der Waals surface area contributed by atoms with Crippen molar-refractivity contribution in [1.29, 1.82) is 0 Å². The number of aromatic nitrogens is 2. The Morgan fingerprint density at radius 2 is 1.63 bits per heavy atom. The van der Waals surface area contributed by atoms with Crippen molar-refractivity contribution in [2.75, 3.05) is 6.54 Å². The summed E-state index contributed by atoms with van der Waals surface area (Å²) in [4.78, 5) is 9.13. The number of halogens is 1. The fourth-order valence-electron chi connectivity index (χ4n) is 2.69. The minimum atomic E-state index is 0. The highest BCUT2D eigenvalue weighted by atomic mass is 127. The van der Waals surface area contributed by atoms with Crippen LogP contribution in [0.1, 0.15) is 23.9 Å². The Kier molecular flexibility index (Phi) is 8.83. The molecule has 0 radical (unpaired) electrons. The molecule has 0 atom stereocenters. The van der Waals surface area contributed by atoms with Gasteiger partial charge in [-0.05, 0) is 18.1 Å². The molecular formula is C21H26IN5. The molecule has 3 aromatic rings. The number of nitrogens with one attached hydrogen (secondary N) is 2. The molecule has 6 heteroatoms. The summed E-state index contributed by atoms with van der Waals surface area (Å²) >= 11 is 0. The van der Waals surface area contributed by atoms with Crippen LogP contribution in [0.25, 0.3) is 0 Å². The Bertz CT molecular complexity index is 815. The Labute approximate surface area is 178 Å². The molecule has 0 fully saturated rings. The van der Waals surface area contributed by atoms with Gasteiger partial charge in [-0.2, -0.15) is 0 Å². The zero-order valence-electron chi connectivity index (χ0n) is 15.5. The summed E-state index contributed by atoms with van der Waals surface area (Å²) in [5, 5.41) is 6.66. The second-order valence-electron chi connectivity index (χ2n) is 5.99. The molecule has 2 aromatic carbocycles. The average molecular weight is 475 g/mol. The van der Waals surface area contributed by atoms with Crippen LogP contribution < -0.4 is 10.6 Å². The maximum absolute atomic E-state index is 4.65. The first-order valence-corrected chi connectivity index (χ1v) is 8.95. The highest BCUT2D eigenvalue weighted by Gasteiger charge is 2.05. The van der Waals surface area contributed by atoms with Crippen LogP contribution >= 0.6 is 24.0 Å². The van der Waals surface area contributed by atoms with E-state index in [2.05, 4.69) is 68.5 Å². The van der Waals surface area contributed by atoms with Crippen molar-refractivity contribution < 1.29 is 0 Å². The van der Waals surface area contributed by atoms with Gasteiger partial charge in [-0.25, -0.2) is 9.98 Å². The van der Waals surface area contributed by atoms with E-state index in [9.17, 15) is 0 Å². The van der Waals surface area contributed by atoms with Crippen LogP contribution in [0.4, 0.5) is 0 Å². The van der Waals surface area contributed by atoms with Gasteiger partial charge < -0.3 is 15.2 Å². The third kappa shape index (κ3) is 6.71. The minimum Gasteiger partial charge on any atom is -0.357 e. The molecule has 0 amide bonds. The van der Waals surface area contributed by atoms with Crippen molar-refractivity contribution in [3.63, 3.8) is 0 Å². The zero-order chi connectivity index (χ0) is 18.0. The smallest absolute Gasteiger partial charge is 0.191 e. The summed E-state index contributed by atoms with van der Waals surface area (Å²) in [7, 11) is 0. The van der Waals surface area contributed by atoms with Gasteiger partial charge in [0.1, 0.15) is 5.82 Å². The zero-order valence-corrected chi connectivity index (χ0v) is 17.8. The van der Waals surface area contributed by atoms with Gasteiger partial charge in [0, 0.05) is 25.5 Å². The molecular weight excluding hydrogens is 449 g/mol. The maximum atomic E-state index is 4.65. The highest BCUT2D eigenvalue weighted by Crippen LogP contribution is 2.05.